The van der Waals surface area contributed by atoms with E-state index in [1.165, 1.54) is 14.1 Å². The number of benzene rings is 1. The first-order chi connectivity index (χ1) is 11.4. The summed E-state index contributed by atoms with van der Waals surface area (Å²) < 4.78 is 50.2. The van der Waals surface area contributed by atoms with Crippen molar-refractivity contribution in [2.24, 2.45) is 0 Å². The van der Waals surface area contributed by atoms with Crippen LogP contribution >= 0.6 is 11.6 Å². The maximum atomic E-state index is 13.0. The summed E-state index contributed by atoms with van der Waals surface area (Å²) in [5.74, 6) is -2.45. The normalized spacial score (nSPS) is 23.3. The molecule has 1 aromatic carbocycles. The van der Waals surface area contributed by atoms with Gasteiger partial charge in [-0.1, -0.05) is 11.6 Å². The average Bonchev–Trinajstić information content (AvgIpc) is 2.71. The van der Waals surface area contributed by atoms with Gasteiger partial charge in [0.1, 0.15) is 4.90 Å². The van der Waals surface area contributed by atoms with E-state index in [9.17, 15) is 26.7 Å². The number of carboxylic acid groups (broad SMARTS) is 1. The molecule has 0 spiro atoms. The lowest BCUT2D eigenvalue weighted by Gasteiger charge is -2.34. The Bertz CT molecular complexity index is 899. The Morgan fingerprint density at radius 1 is 1.28 bits per heavy atom. The molecule has 1 aliphatic rings. The van der Waals surface area contributed by atoms with Gasteiger partial charge in [0.25, 0.3) is 10.0 Å². The molecule has 0 radical (unpaired) electrons. The summed E-state index contributed by atoms with van der Waals surface area (Å²) in [5.41, 5.74) is -0.290. The highest BCUT2D eigenvalue weighted by molar-refractivity contribution is 7.92. The Labute approximate surface area is 150 Å². The van der Waals surface area contributed by atoms with Crippen molar-refractivity contribution in [2.75, 3.05) is 25.6 Å². The minimum Gasteiger partial charge on any atom is -0.478 e. The number of sulfone groups is 1. The van der Waals surface area contributed by atoms with Crippen LogP contribution in [-0.2, 0) is 19.9 Å². The van der Waals surface area contributed by atoms with E-state index in [-0.39, 0.29) is 10.6 Å². The van der Waals surface area contributed by atoms with Crippen molar-refractivity contribution in [1.82, 2.24) is 9.42 Å². The van der Waals surface area contributed by atoms with Crippen LogP contribution in [0.25, 0.3) is 0 Å². The zero-order valence-electron chi connectivity index (χ0n) is 13.3. The number of hydrogen-bond donors (Lipinski definition) is 2. The molecule has 0 aliphatic carbocycles. The maximum absolute atomic E-state index is 13.0. The van der Waals surface area contributed by atoms with Crippen molar-refractivity contribution in [3.8, 4) is 0 Å². The second kappa shape index (κ2) is 6.82. The third-order valence-corrected chi connectivity index (χ3v) is 7.80. The van der Waals surface area contributed by atoms with E-state index in [4.69, 9.17) is 16.7 Å². The molecule has 0 unspecified atom stereocenters. The molecule has 0 bridgehead atoms. The van der Waals surface area contributed by atoms with Crippen molar-refractivity contribution in [3.63, 3.8) is 0 Å². The summed E-state index contributed by atoms with van der Waals surface area (Å²) in [6.45, 7) is 0. The van der Waals surface area contributed by atoms with Crippen LogP contribution in [0.2, 0.25) is 5.02 Å². The minimum atomic E-state index is -4.41. The van der Waals surface area contributed by atoms with Crippen molar-refractivity contribution < 1.29 is 31.8 Å². The van der Waals surface area contributed by atoms with Crippen molar-refractivity contribution in [1.29, 1.82) is 0 Å². The van der Waals surface area contributed by atoms with Crippen molar-refractivity contribution in [2.45, 2.75) is 17.0 Å². The number of nitrogens with zero attached hydrogens (tertiary/aromatic N) is 2. The fourth-order valence-electron chi connectivity index (χ4n) is 2.65. The van der Waals surface area contributed by atoms with E-state index >= 15 is 0 Å². The number of hydrazine groups is 1. The minimum absolute atomic E-state index is 0.216. The smallest absolute Gasteiger partial charge is 0.335 e. The lowest BCUT2D eigenvalue weighted by Crippen LogP contribution is -2.53. The SMILES string of the molecule is CN(C)N([C@@H]1CS(=O)(=O)C[C@H]1O)S(=O)(=O)c1cc(C(=O)O)ccc1Cl. The van der Waals surface area contributed by atoms with E-state index < -0.39 is 54.4 Å². The van der Waals surface area contributed by atoms with Crippen molar-refractivity contribution >= 4 is 37.4 Å². The van der Waals surface area contributed by atoms with E-state index in [1.807, 2.05) is 0 Å². The molecule has 2 N–H and O–H groups in total. The largest absolute Gasteiger partial charge is 0.478 e. The van der Waals surface area contributed by atoms with Gasteiger partial charge in [-0.05, 0) is 18.2 Å². The molecule has 140 valence electrons. The van der Waals surface area contributed by atoms with Gasteiger partial charge in [-0.15, -0.1) is 4.41 Å². The number of aromatic carboxylic acids is 1. The molecule has 1 fully saturated rings. The molecule has 1 saturated heterocycles. The monoisotopic (exact) mass is 412 g/mol. The highest BCUT2D eigenvalue weighted by Gasteiger charge is 2.46. The van der Waals surface area contributed by atoms with Crippen LogP contribution in [0, 0.1) is 0 Å². The summed E-state index contributed by atoms with van der Waals surface area (Å²) in [7, 11) is -5.29. The Morgan fingerprint density at radius 3 is 2.32 bits per heavy atom. The lowest BCUT2D eigenvalue weighted by atomic mass is 10.2. The van der Waals surface area contributed by atoms with Gasteiger partial charge in [0.15, 0.2) is 9.84 Å². The predicted octanol–water partition coefficient (Wildman–Crippen LogP) is -0.337. The second-order valence-corrected chi connectivity index (χ2v) is 10.1. The van der Waals surface area contributed by atoms with Crippen LogP contribution < -0.4 is 0 Å². The molecule has 1 aliphatic heterocycles. The third-order valence-electron chi connectivity index (χ3n) is 3.67. The van der Waals surface area contributed by atoms with Gasteiger partial charge in [0, 0.05) is 14.1 Å². The second-order valence-electron chi connectivity index (χ2n) is 5.79. The van der Waals surface area contributed by atoms with Gasteiger partial charge >= 0.3 is 5.97 Å². The Hall–Kier alpha value is -1.24. The van der Waals surface area contributed by atoms with Crippen LogP contribution in [0.3, 0.4) is 0 Å². The fourth-order valence-corrected chi connectivity index (χ4v) is 6.71. The van der Waals surface area contributed by atoms with E-state index in [0.29, 0.717) is 0 Å². The Morgan fingerprint density at radius 2 is 1.88 bits per heavy atom. The van der Waals surface area contributed by atoms with E-state index in [0.717, 1.165) is 27.6 Å². The summed E-state index contributed by atoms with van der Waals surface area (Å²) in [4.78, 5) is 10.6. The van der Waals surface area contributed by atoms with Crippen LogP contribution in [0.5, 0.6) is 0 Å². The molecule has 2 atom stereocenters. The number of aliphatic hydroxyl groups excluding tert-OH is 1. The molecule has 0 aromatic heterocycles. The van der Waals surface area contributed by atoms with E-state index in [2.05, 4.69) is 0 Å². The van der Waals surface area contributed by atoms with Crippen LogP contribution in [0.1, 0.15) is 10.4 Å². The molecular weight excluding hydrogens is 396 g/mol. The Kier molecular flexibility index (Phi) is 5.47. The number of carboxylic acids is 1. The van der Waals surface area contributed by atoms with Crippen LogP contribution in [0.15, 0.2) is 23.1 Å². The Balaban J connectivity index is 2.59. The molecule has 25 heavy (non-hydrogen) atoms. The number of halogens is 1. The van der Waals surface area contributed by atoms with Gasteiger partial charge in [-0.3, -0.25) is 0 Å². The van der Waals surface area contributed by atoms with Gasteiger partial charge in [0.2, 0.25) is 0 Å². The molecule has 1 aromatic rings. The maximum Gasteiger partial charge on any atom is 0.335 e. The number of carbonyl (C=O) groups is 1. The molecule has 9 nitrogen and oxygen atoms in total. The molecule has 12 heteroatoms. The highest BCUT2D eigenvalue weighted by atomic mass is 35.5. The van der Waals surface area contributed by atoms with Crippen LogP contribution in [0.4, 0.5) is 0 Å². The average molecular weight is 413 g/mol. The quantitative estimate of drug-likeness (QED) is 0.628. The molecule has 1 heterocycles. The van der Waals surface area contributed by atoms with Gasteiger partial charge in [-0.2, -0.15) is 0 Å². The first-order valence-electron chi connectivity index (χ1n) is 7.00. The van der Waals surface area contributed by atoms with Gasteiger partial charge < -0.3 is 10.2 Å². The number of rotatable bonds is 5. The molecular formula is C13H17ClN2O7S2. The summed E-state index contributed by atoms with van der Waals surface area (Å²) in [5, 5.41) is 20.0. The number of sulfonamides is 1. The van der Waals surface area contributed by atoms with E-state index in [1.54, 1.807) is 0 Å². The number of aliphatic hydroxyl groups is 1. The van der Waals surface area contributed by atoms with Gasteiger partial charge in [-0.25, -0.2) is 26.6 Å². The molecule has 2 rings (SSSR count). The topological polar surface area (TPSA) is 132 Å². The predicted molar refractivity (Wildman–Crippen MR) is 89.6 cm³/mol. The summed E-state index contributed by atoms with van der Waals surface area (Å²) >= 11 is 5.94. The molecule has 0 amide bonds. The zero-order valence-corrected chi connectivity index (χ0v) is 15.7. The van der Waals surface area contributed by atoms with Crippen molar-refractivity contribution in [3.05, 3.63) is 28.8 Å². The highest BCUT2D eigenvalue weighted by Crippen LogP contribution is 2.30. The summed E-state index contributed by atoms with van der Waals surface area (Å²) in [6, 6.07) is 1.94. The molecule has 0 saturated carbocycles. The lowest BCUT2D eigenvalue weighted by molar-refractivity contribution is 0.0272. The zero-order chi connectivity index (χ0) is 19.2. The first kappa shape index (κ1) is 20.1. The van der Waals surface area contributed by atoms with Crippen LogP contribution in [-0.4, -0.2) is 80.2 Å². The first-order valence-corrected chi connectivity index (χ1v) is 10.6. The third kappa shape index (κ3) is 3.96. The standard InChI is InChI=1S/C13H17ClN2O7S2/c1-15(2)16(10-6-24(20,21)7-11(10)17)25(22,23)12-5-8(13(18)19)3-4-9(12)14/h3-5,10-11,17H,6-7H2,1-2H3,(H,18,19)/t10-,11-/m1/s1. The summed E-state index contributed by atoms with van der Waals surface area (Å²) in [6.07, 6.45) is -1.41. The number of hydrogen-bond acceptors (Lipinski definition) is 7. The fraction of sp³-hybridized carbons (Fsp3) is 0.462. The van der Waals surface area contributed by atoms with Gasteiger partial charge in [0.05, 0.1) is 34.2 Å².